The highest BCUT2D eigenvalue weighted by Gasteiger charge is 1.87. The molecule has 0 aliphatic heterocycles. The van der Waals surface area contributed by atoms with Gasteiger partial charge in [-0.25, -0.2) is 0 Å². The molecule has 0 aromatic carbocycles. The Bertz CT molecular complexity index is 177. The molecule has 0 amide bonds. The molecule has 0 aliphatic carbocycles. The van der Waals surface area contributed by atoms with E-state index in [0.717, 1.165) is 6.42 Å². The number of rotatable bonds is 2. The van der Waals surface area contributed by atoms with Crippen LogP contribution in [0.2, 0.25) is 0 Å². The molecule has 4 heteroatoms. The van der Waals surface area contributed by atoms with E-state index in [-0.39, 0.29) is 12.4 Å². The topological polar surface area (TPSA) is 50.2 Å². The van der Waals surface area contributed by atoms with Crippen LogP contribution in [0.25, 0.3) is 0 Å². The van der Waals surface area contributed by atoms with Crippen molar-refractivity contribution in [1.82, 2.24) is 4.98 Å². The maximum Gasteiger partial charge on any atom is 0.303 e. The fraction of sp³-hybridized carbons (Fsp3) is 0.333. The van der Waals surface area contributed by atoms with E-state index in [1.165, 1.54) is 0 Å². The molecule has 0 unspecified atom stereocenters. The first-order chi connectivity index (χ1) is 5.77. The third-order valence-electron chi connectivity index (χ3n) is 1.03. The lowest BCUT2D eigenvalue weighted by Gasteiger charge is -1.79. The number of hydrogen-bond donors (Lipinski definition) is 1. The summed E-state index contributed by atoms with van der Waals surface area (Å²) in [7, 11) is 0. The Labute approximate surface area is 84.2 Å². The third-order valence-corrected chi connectivity index (χ3v) is 1.03. The standard InChI is InChI=1S/C5H5N.C4H8O2.ClH/c1-2-4-6-5-3-1;1-2-3-4(5)6;/h1-5H;2-3H2,1H3,(H,5,6);1H. The van der Waals surface area contributed by atoms with Crippen molar-refractivity contribution in [2.45, 2.75) is 19.8 Å². The zero-order valence-electron chi connectivity index (χ0n) is 7.51. The van der Waals surface area contributed by atoms with Gasteiger partial charge in [-0.2, -0.15) is 0 Å². The molecule has 0 aliphatic rings. The minimum absolute atomic E-state index is 0. The average Bonchev–Trinajstić information content (AvgIpc) is 2.08. The SMILES string of the molecule is CCCC(=O)O.Cl.c1ccncc1. The second-order valence-corrected chi connectivity index (χ2v) is 2.17. The highest BCUT2D eigenvalue weighted by atomic mass is 35.5. The molecule has 1 aromatic heterocycles. The van der Waals surface area contributed by atoms with E-state index < -0.39 is 5.97 Å². The molecule has 1 heterocycles. The molecule has 74 valence electrons. The summed E-state index contributed by atoms with van der Waals surface area (Å²) in [6.45, 7) is 1.84. The molecule has 0 fully saturated rings. The summed E-state index contributed by atoms with van der Waals surface area (Å²) in [4.78, 5) is 13.4. The zero-order valence-corrected chi connectivity index (χ0v) is 8.33. The van der Waals surface area contributed by atoms with Crippen LogP contribution in [0.1, 0.15) is 19.8 Å². The van der Waals surface area contributed by atoms with Crippen molar-refractivity contribution in [3.8, 4) is 0 Å². The van der Waals surface area contributed by atoms with Crippen molar-refractivity contribution in [2.24, 2.45) is 0 Å². The summed E-state index contributed by atoms with van der Waals surface area (Å²) in [6.07, 6.45) is 4.52. The van der Waals surface area contributed by atoms with Gasteiger partial charge in [0, 0.05) is 18.8 Å². The van der Waals surface area contributed by atoms with Gasteiger partial charge in [-0.3, -0.25) is 9.78 Å². The van der Waals surface area contributed by atoms with Gasteiger partial charge >= 0.3 is 5.97 Å². The van der Waals surface area contributed by atoms with Gasteiger partial charge < -0.3 is 5.11 Å². The van der Waals surface area contributed by atoms with Crippen molar-refractivity contribution >= 4 is 18.4 Å². The monoisotopic (exact) mass is 203 g/mol. The molecular weight excluding hydrogens is 190 g/mol. The Morgan fingerprint density at radius 2 is 1.85 bits per heavy atom. The minimum Gasteiger partial charge on any atom is -0.481 e. The van der Waals surface area contributed by atoms with Crippen LogP contribution in [-0.4, -0.2) is 16.1 Å². The van der Waals surface area contributed by atoms with Gasteiger partial charge in [0.25, 0.3) is 0 Å². The highest BCUT2D eigenvalue weighted by molar-refractivity contribution is 5.85. The summed E-state index contributed by atoms with van der Waals surface area (Å²) >= 11 is 0. The largest absolute Gasteiger partial charge is 0.481 e. The van der Waals surface area contributed by atoms with Gasteiger partial charge in [0.2, 0.25) is 0 Å². The van der Waals surface area contributed by atoms with E-state index >= 15 is 0 Å². The van der Waals surface area contributed by atoms with Gasteiger partial charge in [0.1, 0.15) is 0 Å². The molecular formula is C9H14ClNO2. The molecule has 3 nitrogen and oxygen atoms in total. The van der Waals surface area contributed by atoms with E-state index in [1.54, 1.807) is 12.4 Å². The number of carboxylic acids is 1. The van der Waals surface area contributed by atoms with E-state index in [1.807, 2.05) is 25.1 Å². The van der Waals surface area contributed by atoms with Crippen molar-refractivity contribution < 1.29 is 9.90 Å². The number of carbonyl (C=O) groups is 1. The van der Waals surface area contributed by atoms with Gasteiger partial charge in [-0.1, -0.05) is 13.0 Å². The summed E-state index contributed by atoms with van der Waals surface area (Å²) in [5, 5.41) is 7.91. The van der Waals surface area contributed by atoms with Crippen LogP contribution in [-0.2, 0) is 4.79 Å². The normalized spacial score (nSPS) is 7.46. The number of nitrogens with zero attached hydrogens (tertiary/aromatic N) is 1. The molecule has 1 aromatic rings. The molecule has 0 saturated carbocycles. The van der Waals surface area contributed by atoms with Crippen molar-refractivity contribution in [3.63, 3.8) is 0 Å². The molecule has 13 heavy (non-hydrogen) atoms. The van der Waals surface area contributed by atoms with E-state index in [4.69, 9.17) is 5.11 Å². The van der Waals surface area contributed by atoms with Crippen LogP contribution in [0.3, 0.4) is 0 Å². The molecule has 0 bridgehead atoms. The first kappa shape index (κ1) is 14.4. The Hall–Kier alpha value is -1.09. The lowest BCUT2D eigenvalue weighted by Crippen LogP contribution is -1.90. The van der Waals surface area contributed by atoms with E-state index in [9.17, 15) is 4.79 Å². The Morgan fingerprint density at radius 1 is 1.31 bits per heavy atom. The van der Waals surface area contributed by atoms with Crippen LogP contribution >= 0.6 is 12.4 Å². The third kappa shape index (κ3) is 13.8. The lowest BCUT2D eigenvalue weighted by molar-refractivity contribution is -0.137. The van der Waals surface area contributed by atoms with Gasteiger partial charge in [0.15, 0.2) is 0 Å². The Kier molecular flexibility index (Phi) is 12.1. The molecule has 1 rings (SSSR count). The maximum absolute atomic E-state index is 9.60. The maximum atomic E-state index is 9.60. The zero-order chi connectivity index (χ0) is 9.23. The van der Waals surface area contributed by atoms with Crippen LogP contribution in [0.5, 0.6) is 0 Å². The second kappa shape index (κ2) is 10.9. The van der Waals surface area contributed by atoms with Crippen LogP contribution in [0.15, 0.2) is 30.6 Å². The van der Waals surface area contributed by atoms with Gasteiger partial charge in [-0.05, 0) is 18.6 Å². The molecule has 1 N–H and O–H groups in total. The Morgan fingerprint density at radius 3 is 1.92 bits per heavy atom. The minimum atomic E-state index is -0.711. The predicted molar refractivity (Wildman–Crippen MR) is 54.0 cm³/mol. The molecule has 0 atom stereocenters. The predicted octanol–water partition coefficient (Wildman–Crippen LogP) is 2.37. The summed E-state index contributed by atoms with van der Waals surface area (Å²) in [6, 6.07) is 5.72. The van der Waals surface area contributed by atoms with Gasteiger partial charge in [0.05, 0.1) is 0 Å². The van der Waals surface area contributed by atoms with Crippen LogP contribution in [0.4, 0.5) is 0 Å². The summed E-state index contributed by atoms with van der Waals surface area (Å²) < 4.78 is 0. The Balaban J connectivity index is 0. The van der Waals surface area contributed by atoms with Crippen molar-refractivity contribution in [2.75, 3.05) is 0 Å². The van der Waals surface area contributed by atoms with Crippen LogP contribution in [0, 0.1) is 0 Å². The molecule has 0 saturated heterocycles. The quantitative estimate of drug-likeness (QED) is 0.803. The lowest BCUT2D eigenvalue weighted by atomic mass is 10.4. The van der Waals surface area contributed by atoms with E-state index in [0.29, 0.717) is 6.42 Å². The average molecular weight is 204 g/mol. The van der Waals surface area contributed by atoms with Crippen molar-refractivity contribution in [3.05, 3.63) is 30.6 Å². The highest BCUT2D eigenvalue weighted by Crippen LogP contribution is 1.82. The second-order valence-electron chi connectivity index (χ2n) is 2.17. The van der Waals surface area contributed by atoms with Gasteiger partial charge in [-0.15, -0.1) is 12.4 Å². The van der Waals surface area contributed by atoms with Crippen LogP contribution < -0.4 is 0 Å². The molecule has 0 spiro atoms. The fourth-order valence-corrected chi connectivity index (χ4v) is 0.526. The number of carboxylic acid groups (broad SMARTS) is 1. The fourth-order valence-electron chi connectivity index (χ4n) is 0.526. The molecule has 0 radical (unpaired) electrons. The number of aliphatic carboxylic acids is 1. The first-order valence-corrected chi connectivity index (χ1v) is 3.84. The first-order valence-electron chi connectivity index (χ1n) is 3.84. The summed E-state index contributed by atoms with van der Waals surface area (Å²) in [5.74, 6) is -0.711. The van der Waals surface area contributed by atoms with Crippen molar-refractivity contribution in [1.29, 1.82) is 0 Å². The number of aromatic nitrogens is 1. The smallest absolute Gasteiger partial charge is 0.303 e. The summed E-state index contributed by atoms with van der Waals surface area (Å²) in [5.41, 5.74) is 0. The number of pyridine rings is 1. The van der Waals surface area contributed by atoms with E-state index in [2.05, 4.69) is 4.98 Å². The number of hydrogen-bond acceptors (Lipinski definition) is 2. The number of halogens is 1.